The molecule has 0 bridgehead atoms. The zero-order valence-electron chi connectivity index (χ0n) is 6.74. The van der Waals surface area contributed by atoms with Crippen molar-refractivity contribution in [3.63, 3.8) is 0 Å². The van der Waals surface area contributed by atoms with Gasteiger partial charge in [0, 0.05) is 23.2 Å². The van der Waals surface area contributed by atoms with E-state index in [9.17, 15) is 12.8 Å². The van der Waals surface area contributed by atoms with Gasteiger partial charge in [0.15, 0.2) is 0 Å². The van der Waals surface area contributed by atoms with Crippen LogP contribution in [0.15, 0.2) is 29.2 Å². The van der Waals surface area contributed by atoms with Crippen molar-refractivity contribution in [2.75, 3.05) is 7.05 Å². The van der Waals surface area contributed by atoms with Crippen molar-refractivity contribution in [2.45, 2.75) is 4.90 Å². The third-order valence-corrected chi connectivity index (χ3v) is 4.14. The van der Waals surface area contributed by atoms with Crippen molar-refractivity contribution in [3.8, 4) is 0 Å². The van der Waals surface area contributed by atoms with E-state index in [2.05, 4.69) is 16.1 Å². The molecule has 0 heterocycles. The van der Waals surface area contributed by atoms with Crippen LogP contribution in [0.3, 0.4) is 0 Å². The lowest BCUT2D eigenvalue weighted by molar-refractivity contribution is 0.546. The Morgan fingerprint density at radius 3 is 2.38 bits per heavy atom. The van der Waals surface area contributed by atoms with Crippen LogP contribution in [0.2, 0.25) is 0 Å². The highest BCUT2D eigenvalue weighted by Gasteiger charge is 2.21. The van der Waals surface area contributed by atoms with Crippen LogP contribution in [-0.4, -0.2) is 18.8 Å². The van der Waals surface area contributed by atoms with Gasteiger partial charge in [0.2, 0.25) is 0 Å². The highest BCUT2D eigenvalue weighted by atomic mass is 79.9. The molecule has 0 unspecified atom stereocenters. The average molecular weight is 268 g/mol. The highest BCUT2D eigenvalue weighted by Crippen LogP contribution is 2.19. The maximum absolute atomic E-state index is 13.0. The van der Waals surface area contributed by atoms with Crippen molar-refractivity contribution in [1.82, 2.24) is 3.33 Å². The molecule has 0 aromatic heterocycles. The zero-order valence-corrected chi connectivity index (χ0v) is 9.14. The summed E-state index contributed by atoms with van der Waals surface area (Å²) in [5, 5.41) is 0. The van der Waals surface area contributed by atoms with Crippen molar-refractivity contribution in [2.24, 2.45) is 0 Å². The van der Waals surface area contributed by atoms with Gasteiger partial charge in [-0.15, -0.1) is 3.33 Å². The Balaban J connectivity index is 3.32. The Hall–Kier alpha value is -0.460. The highest BCUT2D eigenvalue weighted by molar-refractivity contribution is 9.08. The molecule has 13 heavy (non-hydrogen) atoms. The van der Waals surface area contributed by atoms with Crippen LogP contribution in [0.1, 0.15) is 0 Å². The van der Waals surface area contributed by atoms with E-state index in [4.69, 9.17) is 0 Å². The van der Waals surface area contributed by atoms with Gasteiger partial charge in [-0.05, 0) is 12.1 Å². The summed E-state index contributed by atoms with van der Waals surface area (Å²) >= 11 is 2.75. The van der Waals surface area contributed by atoms with Crippen LogP contribution in [0.4, 0.5) is 4.39 Å². The smallest absolute Gasteiger partial charge is 0.206 e. The molecule has 6 heteroatoms. The Morgan fingerprint density at radius 2 is 1.92 bits per heavy atom. The van der Waals surface area contributed by atoms with E-state index in [1.54, 1.807) is 0 Å². The molecular formula is C7H7BrFNO2S. The molecule has 0 N–H and O–H groups in total. The van der Waals surface area contributed by atoms with Gasteiger partial charge in [-0.1, -0.05) is 12.1 Å². The fourth-order valence-electron chi connectivity index (χ4n) is 0.789. The van der Waals surface area contributed by atoms with Crippen LogP contribution in [0.5, 0.6) is 0 Å². The first-order chi connectivity index (χ1) is 5.96. The molecule has 0 aliphatic rings. The lowest BCUT2D eigenvalue weighted by atomic mass is 10.4. The molecule has 0 radical (unpaired) electrons. The monoisotopic (exact) mass is 267 g/mol. The van der Waals surface area contributed by atoms with Crippen LogP contribution in [-0.2, 0) is 10.0 Å². The number of nitrogens with zero attached hydrogens (tertiary/aromatic N) is 1. The summed E-state index contributed by atoms with van der Waals surface area (Å²) in [5.74, 6) is -0.756. The number of hydrogen-bond donors (Lipinski definition) is 0. The average Bonchev–Trinajstić information content (AvgIpc) is 2.04. The quantitative estimate of drug-likeness (QED) is 0.766. The van der Waals surface area contributed by atoms with Crippen molar-refractivity contribution >= 4 is 26.2 Å². The minimum atomic E-state index is -3.73. The third-order valence-electron chi connectivity index (χ3n) is 1.45. The van der Waals surface area contributed by atoms with E-state index in [1.165, 1.54) is 25.2 Å². The summed E-state index contributed by atoms with van der Waals surface area (Å²) in [6.07, 6.45) is 0. The Morgan fingerprint density at radius 1 is 1.38 bits per heavy atom. The van der Waals surface area contributed by atoms with Gasteiger partial charge in [-0.2, -0.15) is 0 Å². The molecule has 1 aromatic carbocycles. The van der Waals surface area contributed by atoms with E-state index in [0.29, 0.717) is 0 Å². The zero-order chi connectivity index (χ0) is 10.1. The predicted molar refractivity (Wildman–Crippen MR) is 50.3 cm³/mol. The largest absolute Gasteiger partial charge is 0.255 e. The van der Waals surface area contributed by atoms with Crippen LogP contribution >= 0.6 is 16.1 Å². The van der Waals surface area contributed by atoms with Gasteiger partial charge in [-0.3, -0.25) is 0 Å². The first kappa shape index (κ1) is 10.6. The van der Waals surface area contributed by atoms with E-state index in [-0.39, 0.29) is 4.90 Å². The molecule has 0 spiro atoms. The lowest BCUT2D eigenvalue weighted by Gasteiger charge is -2.08. The predicted octanol–water partition coefficient (Wildman–Crippen LogP) is 1.76. The van der Waals surface area contributed by atoms with Crippen LogP contribution in [0.25, 0.3) is 0 Å². The van der Waals surface area contributed by atoms with Crippen molar-refractivity contribution in [1.29, 1.82) is 0 Å². The van der Waals surface area contributed by atoms with Crippen LogP contribution < -0.4 is 0 Å². The van der Waals surface area contributed by atoms with Crippen molar-refractivity contribution < 1.29 is 12.8 Å². The van der Waals surface area contributed by atoms with E-state index >= 15 is 0 Å². The standard InChI is InChI=1S/C7H7BrFNO2S/c1-10(8)13(11,12)7-5-3-2-4-6(7)9/h2-5H,1H3. The molecule has 0 saturated carbocycles. The molecule has 72 valence electrons. The Bertz CT molecular complexity index is 405. The molecule has 1 aromatic rings. The Kier molecular flexibility index (Phi) is 3.05. The molecule has 0 amide bonds. The summed E-state index contributed by atoms with van der Waals surface area (Å²) in [7, 11) is -2.45. The number of hydrogen-bond acceptors (Lipinski definition) is 2. The molecule has 0 fully saturated rings. The summed E-state index contributed by atoms with van der Waals surface area (Å²) < 4.78 is 36.6. The van der Waals surface area contributed by atoms with Gasteiger partial charge in [-0.25, -0.2) is 12.8 Å². The molecule has 0 saturated heterocycles. The molecule has 1 rings (SSSR count). The molecule has 0 aliphatic carbocycles. The molecule has 3 nitrogen and oxygen atoms in total. The van der Waals surface area contributed by atoms with Crippen molar-refractivity contribution in [3.05, 3.63) is 30.1 Å². The fraction of sp³-hybridized carbons (Fsp3) is 0.143. The molecule has 0 aliphatic heterocycles. The first-order valence-corrected chi connectivity index (χ1v) is 5.50. The third kappa shape index (κ3) is 2.07. The second-order valence-electron chi connectivity index (χ2n) is 2.33. The Labute approximate surface area is 84.6 Å². The summed E-state index contributed by atoms with van der Waals surface area (Å²) in [6.45, 7) is 0. The number of rotatable bonds is 2. The van der Waals surface area contributed by atoms with Gasteiger partial charge < -0.3 is 0 Å². The van der Waals surface area contributed by atoms with E-state index < -0.39 is 15.8 Å². The number of halogens is 2. The van der Waals surface area contributed by atoms with Crippen LogP contribution in [0, 0.1) is 5.82 Å². The summed E-state index contributed by atoms with van der Waals surface area (Å²) in [5.41, 5.74) is 0. The van der Waals surface area contributed by atoms with Gasteiger partial charge in [0.25, 0.3) is 10.0 Å². The maximum Gasteiger partial charge on any atom is 0.255 e. The minimum Gasteiger partial charge on any atom is -0.206 e. The maximum atomic E-state index is 13.0. The second-order valence-corrected chi connectivity index (χ2v) is 5.80. The van der Waals surface area contributed by atoms with Gasteiger partial charge in [0.05, 0.1) is 0 Å². The normalized spacial score (nSPS) is 12.0. The lowest BCUT2D eigenvalue weighted by Crippen LogP contribution is -2.17. The fourth-order valence-corrected chi connectivity index (χ4v) is 2.09. The van der Waals surface area contributed by atoms with E-state index in [0.717, 1.165) is 9.40 Å². The minimum absolute atomic E-state index is 0.339. The van der Waals surface area contributed by atoms with Gasteiger partial charge >= 0.3 is 0 Å². The first-order valence-electron chi connectivity index (χ1n) is 3.35. The summed E-state index contributed by atoms with van der Waals surface area (Å²) in [6, 6.07) is 5.21. The van der Waals surface area contributed by atoms with E-state index in [1.807, 2.05) is 0 Å². The summed E-state index contributed by atoms with van der Waals surface area (Å²) in [4.78, 5) is -0.339. The SMILES string of the molecule is CN(Br)S(=O)(=O)c1ccccc1F. The number of benzene rings is 1. The molecular weight excluding hydrogens is 261 g/mol. The molecule has 0 atom stereocenters. The second kappa shape index (κ2) is 3.73. The topological polar surface area (TPSA) is 37.4 Å². The van der Waals surface area contributed by atoms with Gasteiger partial charge in [0.1, 0.15) is 10.7 Å². The number of sulfonamides is 1.